The third-order valence-electron chi connectivity index (χ3n) is 3.88. The van der Waals surface area contributed by atoms with Crippen LogP contribution in [-0.2, 0) is 4.74 Å². The molecule has 4 nitrogen and oxygen atoms in total. The summed E-state index contributed by atoms with van der Waals surface area (Å²) in [5, 5.41) is 3.83. The molecule has 0 spiro atoms. The third-order valence-corrected chi connectivity index (χ3v) is 3.88. The topological polar surface area (TPSA) is 56.5 Å². The van der Waals surface area contributed by atoms with E-state index in [9.17, 15) is 9.59 Å². The fourth-order valence-electron chi connectivity index (χ4n) is 3.00. The fourth-order valence-corrected chi connectivity index (χ4v) is 3.00. The van der Waals surface area contributed by atoms with Crippen LogP contribution in [0.2, 0.25) is 0 Å². The van der Waals surface area contributed by atoms with Gasteiger partial charge in [-0.2, -0.15) is 0 Å². The van der Waals surface area contributed by atoms with Gasteiger partial charge in [-0.3, -0.25) is 0 Å². The van der Waals surface area contributed by atoms with E-state index in [1.54, 1.807) is 0 Å². The van der Waals surface area contributed by atoms with Crippen molar-refractivity contribution in [3.05, 3.63) is 47.5 Å². The summed E-state index contributed by atoms with van der Waals surface area (Å²) in [6, 6.07) is 11.9. The summed E-state index contributed by atoms with van der Waals surface area (Å²) in [4.78, 5) is 23.4. The summed E-state index contributed by atoms with van der Waals surface area (Å²) in [7, 11) is 0. The zero-order chi connectivity index (χ0) is 13.4. The maximum atomic E-state index is 11.7. The van der Waals surface area contributed by atoms with E-state index >= 15 is 0 Å². The molecule has 0 saturated heterocycles. The molecule has 0 unspecified atom stereocenters. The number of furan rings is 2. The van der Waals surface area contributed by atoms with Crippen LogP contribution in [0.25, 0.3) is 32.7 Å². The third kappa shape index (κ3) is 0.957. The van der Waals surface area contributed by atoms with Crippen LogP contribution in [0, 0.1) is 0 Å². The quantitative estimate of drug-likeness (QED) is 0.276. The second kappa shape index (κ2) is 2.99. The maximum Gasteiger partial charge on any atom is 0.350 e. The van der Waals surface area contributed by atoms with Gasteiger partial charge >= 0.3 is 11.9 Å². The molecule has 0 aliphatic carbocycles. The van der Waals surface area contributed by atoms with E-state index in [0.29, 0.717) is 11.2 Å². The lowest BCUT2D eigenvalue weighted by atomic mass is 9.99. The molecule has 2 aromatic heterocycles. The van der Waals surface area contributed by atoms with Gasteiger partial charge in [-0.25, -0.2) is 9.59 Å². The van der Waals surface area contributed by atoms with E-state index in [1.165, 1.54) is 0 Å². The second-order valence-corrected chi connectivity index (χ2v) is 4.93. The van der Waals surface area contributed by atoms with Crippen LogP contribution in [0.1, 0.15) is 20.7 Å². The van der Waals surface area contributed by atoms with Gasteiger partial charge in [0.2, 0.25) is 0 Å². The molecule has 1 aliphatic rings. The molecule has 4 aromatic rings. The smallest absolute Gasteiger partial charge is 0.350 e. The number of esters is 2. The van der Waals surface area contributed by atoms with E-state index in [1.807, 2.05) is 36.4 Å². The van der Waals surface area contributed by atoms with E-state index < -0.39 is 11.9 Å². The van der Waals surface area contributed by atoms with Crippen molar-refractivity contribution in [2.24, 2.45) is 0 Å². The van der Waals surface area contributed by atoms with E-state index in [-0.39, 0.29) is 11.1 Å². The van der Waals surface area contributed by atoms with Crippen LogP contribution in [0.4, 0.5) is 0 Å². The highest BCUT2D eigenvalue weighted by molar-refractivity contribution is 6.30. The first-order valence-corrected chi connectivity index (χ1v) is 6.21. The van der Waals surface area contributed by atoms with Crippen molar-refractivity contribution < 1.29 is 18.7 Å². The predicted molar refractivity (Wildman–Crippen MR) is 72.2 cm³/mol. The highest BCUT2D eigenvalue weighted by Crippen LogP contribution is 2.43. The number of cyclic esters (lactones) is 2. The van der Waals surface area contributed by atoms with Gasteiger partial charge in [0.15, 0.2) is 11.2 Å². The van der Waals surface area contributed by atoms with Gasteiger partial charge in [0.25, 0.3) is 0 Å². The van der Waals surface area contributed by atoms with Gasteiger partial charge in [0.05, 0.1) is 0 Å². The number of fused-ring (bicyclic) bond motifs is 9. The summed E-state index contributed by atoms with van der Waals surface area (Å²) in [6.45, 7) is 0. The Morgan fingerprint density at radius 2 is 1.25 bits per heavy atom. The number of rotatable bonds is 0. The predicted octanol–water partition coefficient (Wildman–Crippen LogP) is 3.49. The molecule has 0 atom stereocenters. The van der Waals surface area contributed by atoms with Crippen molar-refractivity contribution in [3.8, 4) is 0 Å². The summed E-state index contributed by atoms with van der Waals surface area (Å²) in [5.41, 5.74) is 1.44. The van der Waals surface area contributed by atoms with Crippen LogP contribution >= 0.6 is 0 Å². The van der Waals surface area contributed by atoms with Crippen molar-refractivity contribution in [2.45, 2.75) is 0 Å². The average Bonchev–Trinajstić information content (AvgIpc) is 3.08. The Kier molecular flexibility index (Phi) is 1.49. The molecule has 94 valence electrons. The van der Waals surface area contributed by atoms with Gasteiger partial charge < -0.3 is 9.15 Å². The molecule has 0 fully saturated rings. The Hall–Kier alpha value is -2.88. The number of benzene rings is 3. The lowest BCUT2D eigenvalue weighted by molar-refractivity contribution is 0.0443. The zero-order valence-corrected chi connectivity index (χ0v) is 10.1. The molecule has 1 aliphatic heterocycles. The van der Waals surface area contributed by atoms with Crippen LogP contribution in [0.3, 0.4) is 0 Å². The van der Waals surface area contributed by atoms with Crippen LogP contribution in [-0.4, -0.2) is 11.9 Å². The Morgan fingerprint density at radius 3 is 1.75 bits per heavy atom. The summed E-state index contributed by atoms with van der Waals surface area (Å²) < 4.78 is 10.3. The highest BCUT2D eigenvalue weighted by atomic mass is 16.6. The number of ether oxygens (including phenoxy) is 1. The first-order valence-electron chi connectivity index (χ1n) is 6.21. The molecule has 2 bridgehead atoms. The minimum Gasteiger partial charge on any atom is -0.454 e. The molecule has 4 heteroatoms. The first kappa shape index (κ1) is 9.97. The molecule has 0 saturated carbocycles. The number of hydrogen-bond acceptors (Lipinski definition) is 4. The van der Waals surface area contributed by atoms with Gasteiger partial charge in [-0.1, -0.05) is 24.3 Å². The lowest BCUT2D eigenvalue weighted by Crippen LogP contribution is -1.97. The van der Waals surface area contributed by atoms with Crippen molar-refractivity contribution >= 4 is 44.6 Å². The molecule has 2 aromatic carbocycles. The van der Waals surface area contributed by atoms with E-state index in [2.05, 4.69) is 4.74 Å². The van der Waals surface area contributed by atoms with Crippen molar-refractivity contribution in [2.75, 3.05) is 0 Å². The number of carbonyl (C=O) groups is 2. The fraction of sp³-hybridized carbons (Fsp3) is 0. The molecular weight excluding hydrogens is 256 g/mol. The molecule has 0 N–H and O–H groups in total. The Labute approximate surface area is 111 Å². The molecular formula is C16H6O4. The Balaban J connectivity index is 2.05. The average molecular weight is 262 g/mol. The van der Waals surface area contributed by atoms with Gasteiger partial charge in [-0.05, 0) is 22.9 Å². The molecule has 0 amide bonds. The Bertz CT molecular complexity index is 973. The molecule has 20 heavy (non-hydrogen) atoms. The standard InChI is InChI=1S/C16H6O4/c17-15-11-12(16(18)20-15)14-10-6-8-4-2-1-3-7(8)5-9(10)13(11)19-14/h1-6H. The zero-order valence-electron chi connectivity index (χ0n) is 10.1. The normalized spacial score (nSPS) is 14.6. The number of carbonyl (C=O) groups excluding carboxylic acids is 2. The molecule has 5 rings (SSSR count). The largest absolute Gasteiger partial charge is 0.454 e. The van der Waals surface area contributed by atoms with Crippen LogP contribution in [0.5, 0.6) is 0 Å². The monoisotopic (exact) mass is 262 g/mol. The van der Waals surface area contributed by atoms with Crippen LogP contribution < -0.4 is 0 Å². The van der Waals surface area contributed by atoms with Crippen molar-refractivity contribution in [3.63, 3.8) is 0 Å². The SMILES string of the molecule is O=C1OC(=O)c2c1c1oc2c2cc3ccccc3cc12. The van der Waals surface area contributed by atoms with Crippen molar-refractivity contribution in [1.29, 1.82) is 0 Å². The first-order chi connectivity index (χ1) is 9.74. The molecule has 3 heterocycles. The lowest BCUT2D eigenvalue weighted by Gasteiger charge is -1.99. The summed E-state index contributed by atoms with van der Waals surface area (Å²) in [5.74, 6) is -1.23. The molecule has 0 radical (unpaired) electrons. The Morgan fingerprint density at radius 1 is 0.750 bits per heavy atom. The van der Waals surface area contributed by atoms with E-state index in [0.717, 1.165) is 21.5 Å². The highest BCUT2D eigenvalue weighted by Gasteiger charge is 2.39. The van der Waals surface area contributed by atoms with Crippen LogP contribution in [0.15, 0.2) is 40.8 Å². The minimum atomic E-state index is -0.617. The van der Waals surface area contributed by atoms with Gasteiger partial charge in [-0.15, -0.1) is 0 Å². The van der Waals surface area contributed by atoms with Gasteiger partial charge in [0, 0.05) is 10.8 Å². The number of hydrogen-bond donors (Lipinski definition) is 0. The van der Waals surface area contributed by atoms with Crippen molar-refractivity contribution in [1.82, 2.24) is 0 Å². The summed E-state index contributed by atoms with van der Waals surface area (Å²) >= 11 is 0. The minimum absolute atomic E-state index is 0.271. The van der Waals surface area contributed by atoms with E-state index in [4.69, 9.17) is 4.42 Å². The maximum absolute atomic E-state index is 11.7. The van der Waals surface area contributed by atoms with Gasteiger partial charge in [0.1, 0.15) is 11.1 Å². The summed E-state index contributed by atoms with van der Waals surface area (Å²) in [6.07, 6.45) is 0. The second-order valence-electron chi connectivity index (χ2n) is 4.93.